The number of anilines is 1. The van der Waals surface area contributed by atoms with Gasteiger partial charge in [-0.15, -0.1) is 5.10 Å². The van der Waals surface area contributed by atoms with Crippen LogP contribution in [-0.2, 0) is 0 Å². The molecule has 2 aromatic heterocycles. The van der Waals surface area contributed by atoms with Crippen LogP contribution >= 0.6 is 0 Å². The quantitative estimate of drug-likeness (QED) is 0.522. The second kappa shape index (κ2) is 7.35. The molecular weight excluding hydrogens is 366 g/mol. The van der Waals surface area contributed by atoms with Gasteiger partial charge in [-0.3, -0.25) is 4.79 Å². The lowest BCUT2D eigenvalue weighted by molar-refractivity contribution is 0.102. The molecule has 1 aliphatic rings. The van der Waals surface area contributed by atoms with Crippen molar-refractivity contribution in [3.63, 3.8) is 0 Å². The van der Waals surface area contributed by atoms with E-state index in [-0.39, 0.29) is 5.91 Å². The molecule has 0 atom stereocenters. The third-order valence-corrected chi connectivity index (χ3v) is 4.90. The molecule has 2 aromatic carbocycles. The van der Waals surface area contributed by atoms with Crippen molar-refractivity contribution in [2.24, 2.45) is 5.92 Å². The minimum Gasteiger partial charge on any atom is -0.493 e. The predicted octanol–water partition coefficient (Wildman–Crippen LogP) is 4.06. The number of carbonyl (C=O) groups is 1. The van der Waals surface area contributed by atoms with Crippen LogP contribution in [0.5, 0.6) is 5.75 Å². The van der Waals surface area contributed by atoms with Crippen molar-refractivity contribution < 1.29 is 9.53 Å². The summed E-state index contributed by atoms with van der Waals surface area (Å²) in [6.45, 7) is 0.770. The van der Waals surface area contributed by atoms with Gasteiger partial charge in [0.2, 0.25) is 5.65 Å². The average molecular weight is 385 g/mol. The normalized spacial score (nSPS) is 13.4. The van der Waals surface area contributed by atoms with Gasteiger partial charge in [-0.05, 0) is 67.3 Å². The van der Waals surface area contributed by atoms with E-state index in [1.54, 1.807) is 6.07 Å². The molecular formula is C22H19N5O2. The first-order valence-corrected chi connectivity index (χ1v) is 9.57. The van der Waals surface area contributed by atoms with E-state index in [9.17, 15) is 4.79 Å². The molecule has 0 spiro atoms. The van der Waals surface area contributed by atoms with Crippen molar-refractivity contribution >= 4 is 22.8 Å². The number of aromatic amines is 1. The Morgan fingerprint density at radius 1 is 1.07 bits per heavy atom. The fourth-order valence-corrected chi connectivity index (χ4v) is 3.05. The van der Waals surface area contributed by atoms with E-state index in [1.807, 2.05) is 54.6 Å². The minimum absolute atomic E-state index is 0.180. The number of amides is 1. The Hall–Kier alpha value is -3.74. The number of H-pyrrole nitrogens is 1. The minimum atomic E-state index is -0.180. The predicted molar refractivity (Wildman–Crippen MR) is 110 cm³/mol. The molecule has 1 amide bonds. The highest BCUT2D eigenvalue weighted by molar-refractivity contribution is 6.05. The Bertz CT molecular complexity index is 1170. The molecule has 0 aliphatic heterocycles. The molecule has 5 rings (SSSR count). The lowest BCUT2D eigenvalue weighted by Crippen LogP contribution is -2.11. The number of pyridine rings is 1. The number of nitrogens with zero attached hydrogens (tertiary/aromatic N) is 3. The van der Waals surface area contributed by atoms with Gasteiger partial charge in [-0.1, -0.05) is 12.1 Å². The number of hydrogen-bond donors (Lipinski definition) is 2. The highest BCUT2D eigenvalue weighted by Crippen LogP contribution is 2.29. The second-order valence-corrected chi connectivity index (χ2v) is 7.18. The van der Waals surface area contributed by atoms with Crippen molar-refractivity contribution in [1.29, 1.82) is 0 Å². The molecule has 4 aromatic rings. The van der Waals surface area contributed by atoms with Crippen LogP contribution in [0.3, 0.4) is 0 Å². The van der Waals surface area contributed by atoms with E-state index in [0.29, 0.717) is 22.6 Å². The standard InChI is InChI=1S/C22H19N5O2/c28-22(23-17-6-8-18(9-7-17)29-13-14-4-5-14)16-3-1-2-15(12-16)19-10-11-20-21(24-19)26-27-25-20/h1-3,6-12,14H,4-5,13H2,(H,23,28)(H,24,25,26,27). The summed E-state index contributed by atoms with van der Waals surface area (Å²) in [5, 5.41) is 13.5. The van der Waals surface area contributed by atoms with Crippen molar-refractivity contribution in [3.8, 4) is 17.0 Å². The summed E-state index contributed by atoms with van der Waals surface area (Å²) in [6.07, 6.45) is 2.52. The fourth-order valence-electron chi connectivity index (χ4n) is 3.05. The summed E-state index contributed by atoms with van der Waals surface area (Å²) in [5.41, 5.74) is 4.10. The van der Waals surface area contributed by atoms with Gasteiger partial charge in [0.15, 0.2) is 0 Å². The number of nitrogens with one attached hydrogen (secondary N) is 2. The lowest BCUT2D eigenvalue weighted by atomic mass is 10.1. The molecule has 0 unspecified atom stereocenters. The highest BCUT2D eigenvalue weighted by atomic mass is 16.5. The van der Waals surface area contributed by atoms with Gasteiger partial charge in [-0.2, -0.15) is 10.3 Å². The molecule has 1 aliphatic carbocycles. The Morgan fingerprint density at radius 3 is 2.76 bits per heavy atom. The highest BCUT2D eigenvalue weighted by Gasteiger charge is 2.21. The van der Waals surface area contributed by atoms with Crippen LogP contribution in [0, 0.1) is 5.92 Å². The number of benzene rings is 2. The Labute approximate surface area is 167 Å². The maximum Gasteiger partial charge on any atom is 0.255 e. The van der Waals surface area contributed by atoms with Gasteiger partial charge < -0.3 is 10.1 Å². The van der Waals surface area contributed by atoms with Crippen LogP contribution in [0.25, 0.3) is 22.4 Å². The van der Waals surface area contributed by atoms with Crippen LogP contribution < -0.4 is 10.1 Å². The third kappa shape index (κ3) is 3.94. The molecule has 0 bridgehead atoms. The van der Waals surface area contributed by atoms with Crippen molar-refractivity contribution in [1.82, 2.24) is 20.4 Å². The summed E-state index contributed by atoms with van der Waals surface area (Å²) < 4.78 is 5.73. The molecule has 0 radical (unpaired) electrons. The van der Waals surface area contributed by atoms with Gasteiger partial charge in [0.05, 0.1) is 12.3 Å². The Kier molecular flexibility index (Phi) is 4.40. The van der Waals surface area contributed by atoms with Crippen LogP contribution in [0.2, 0.25) is 0 Å². The third-order valence-electron chi connectivity index (χ3n) is 4.90. The van der Waals surface area contributed by atoms with Gasteiger partial charge in [0, 0.05) is 16.8 Å². The zero-order valence-electron chi connectivity index (χ0n) is 15.6. The summed E-state index contributed by atoms with van der Waals surface area (Å²) in [6, 6.07) is 18.5. The van der Waals surface area contributed by atoms with E-state index in [4.69, 9.17) is 4.74 Å². The van der Waals surface area contributed by atoms with Gasteiger partial charge >= 0.3 is 0 Å². The van der Waals surface area contributed by atoms with Gasteiger partial charge in [-0.25, -0.2) is 4.98 Å². The van der Waals surface area contributed by atoms with E-state index >= 15 is 0 Å². The smallest absolute Gasteiger partial charge is 0.255 e. The molecule has 1 fully saturated rings. The first kappa shape index (κ1) is 17.4. The molecule has 29 heavy (non-hydrogen) atoms. The monoisotopic (exact) mass is 385 g/mol. The molecule has 7 nitrogen and oxygen atoms in total. The summed E-state index contributed by atoms with van der Waals surface area (Å²) in [5.74, 6) is 1.35. The molecule has 0 saturated heterocycles. The maximum absolute atomic E-state index is 12.7. The van der Waals surface area contributed by atoms with Gasteiger partial charge in [0.25, 0.3) is 5.91 Å². The largest absolute Gasteiger partial charge is 0.493 e. The maximum atomic E-state index is 12.7. The zero-order chi connectivity index (χ0) is 19.6. The summed E-state index contributed by atoms with van der Waals surface area (Å²) in [4.78, 5) is 17.2. The number of hydrogen-bond acceptors (Lipinski definition) is 5. The van der Waals surface area contributed by atoms with Crippen molar-refractivity contribution in [3.05, 3.63) is 66.2 Å². The summed E-state index contributed by atoms with van der Waals surface area (Å²) in [7, 11) is 0. The molecule has 144 valence electrons. The van der Waals surface area contributed by atoms with Crippen LogP contribution in [0.4, 0.5) is 5.69 Å². The van der Waals surface area contributed by atoms with E-state index in [2.05, 4.69) is 25.7 Å². The average Bonchev–Trinajstić information content (AvgIpc) is 3.47. The fraction of sp³-hybridized carbons (Fsp3) is 0.182. The van der Waals surface area contributed by atoms with Crippen LogP contribution in [0.15, 0.2) is 60.7 Å². The Morgan fingerprint density at radius 2 is 1.93 bits per heavy atom. The van der Waals surface area contributed by atoms with Crippen LogP contribution in [-0.4, -0.2) is 32.9 Å². The topological polar surface area (TPSA) is 92.8 Å². The first-order valence-electron chi connectivity index (χ1n) is 9.57. The number of ether oxygens (including phenoxy) is 1. The SMILES string of the molecule is O=C(Nc1ccc(OCC2CC2)cc1)c1cccc(-c2ccc3n[nH]nc3n2)c1. The lowest BCUT2D eigenvalue weighted by Gasteiger charge is -2.09. The van der Waals surface area contributed by atoms with Gasteiger partial charge in [0.1, 0.15) is 11.3 Å². The van der Waals surface area contributed by atoms with Crippen LogP contribution in [0.1, 0.15) is 23.2 Å². The molecule has 1 saturated carbocycles. The molecule has 2 N–H and O–H groups in total. The number of aromatic nitrogens is 4. The van der Waals surface area contributed by atoms with E-state index < -0.39 is 0 Å². The van der Waals surface area contributed by atoms with E-state index in [1.165, 1.54) is 12.8 Å². The number of rotatable bonds is 6. The molecule has 2 heterocycles. The van der Waals surface area contributed by atoms with E-state index in [0.717, 1.165) is 29.3 Å². The first-order chi connectivity index (χ1) is 14.2. The van der Waals surface area contributed by atoms with Crippen molar-refractivity contribution in [2.45, 2.75) is 12.8 Å². The zero-order valence-corrected chi connectivity index (χ0v) is 15.6. The molecule has 7 heteroatoms. The number of carbonyl (C=O) groups excluding carboxylic acids is 1. The summed E-state index contributed by atoms with van der Waals surface area (Å²) >= 11 is 0. The number of fused-ring (bicyclic) bond motifs is 1. The van der Waals surface area contributed by atoms with Crippen molar-refractivity contribution in [2.75, 3.05) is 11.9 Å². The Balaban J connectivity index is 1.30. The second-order valence-electron chi connectivity index (χ2n) is 7.18.